The van der Waals surface area contributed by atoms with Crippen LogP contribution >= 0.6 is 0 Å². The van der Waals surface area contributed by atoms with Crippen LogP contribution in [-0.2, 0) is 9.59 Å². The highest BCUT2D eigenvalue weighted by molar-refractivity contribution is 5.89. The molecule has 0 radical (unpaired) electrons. The van der Waals surface area contributed by atoms with Gasteiger partial charge in [0.2, 0.25) is 11.8 Å². The molecule has 0 saturated carbocycles. The van der Waals surface area contributed by atoms with Crippen molar-refractivity contribution in [3.05, 3.63) is 0 Å². The van der Waals surface area contributed by atoms with Crippen LogP contribution in [0, 0.1) is 0 Å². The van der Waals surface area contributed by atoms with Gasteiger partial charge in [0.05, 0.1) is 6.04 Å². The van der Waals surface area contributed by atoms with Gasteiger partial charge in [0.15, 0.2) is 0 Å². The molecular weight excluding hydrogens is 232 g/mol. The Labute approximate surface area is 109 Å². The van der Waals surface area contributed by atoms with Gasteiger partial charge in [-0.25, -0.2) is 0 Å². The first kappa shape index (κ1) is 14.9. The molecule has 1 aliphatic heterocycles. The number of nitrogens with one attached hydrogen (secondary N) is 2. The Morgan fingerprint density at radius 3 is 2.28 bits per heavy atom. The highest BCUT2D eigenvalue weighted by atomic mass is 16.2. The quantitative estimate of drug-likeness (QED) is 0.668. The van der Waals surface area contributed by atoms with Crippen molar-refractivity contribution in [3.8, 4) is 0 Å². The first-order valence-electron chi connectivity index (χ1n) is 6.39. The van der Waals surface area contributed by atoms with Gasteiger partial charge in [0, 0.05) is 40.3 Å². The molecule has 2 unspecified atom stereocenters. The number of hydrogen-bond acceptors (Lipinski definition) is 4. The van der Waals surface area contributed by atoms with E-state index in [1.807, 2.05) is 6.92 Å². The smallest absolute Gasteiger partial charge is 0.244 e. The Morgan fingerprint density at radius 2 is 1.78 bits per heavy atom. The van der Waals surface area contributed by atoms with Gasteiger partial charge in [-0.15, -0.1) is 0 Å². The zero-order chi connectivity index (χ0) is 13.7. The van der Waals surface area contributed by atoms with E-state index in [0.29, 0.717) is 0 Å². The van der Waals surface area contributed by atoms with E-state index < -0.39 is 6.04 Å². The van der Waals surface area contributed by atoms with Crippen molar-refractivity contribution in [2.45, 2.75) is 25.9 Å². The Hall–Kier alpha value is -1.14. The number of likely N-dealkylation sites (N-methyl/N-ethyl adjacent to an activating group) is 1. The molecule has 2 amide bonds. The van der Waals surface area contributed by atoms with Crippen LogP contribution in [0.15, 0.2) is 0 Å². The van der Waals surface area contributed by atoms with Crippen LogP contribution in [0.1, 0.15) is 13.8 Å². The summed E-state index contributed by atoms with van der Waals surface area (Å²) < 4.78 is 0. The van der Waals surface area contributed by atoms with E-state index in [1.54, 1.807) is 21.0 Å². The summed E-state index contributed by atoms with van der Waals surface area (Å²) in [5.41, 5.74) is 0. The first-order chi connectivity index (χ1) is 8.43. The zero-order valence-electron chi connectivity index (χ0n) is 11.7. The second-order valence-electron chi connectivity index (χ2n) is 4.92. The van der Waals surface area contributed by atoms with Gasteiger partial charge in [0.1, 0.15) is 6.04 Å². The van der Waals surface area contributed by atoms with Crippen molar-refractivity contribution in [2.75, 3.05) is 40.3 Å². The fourth-order valence-electron chi connectivity index (χ4n) is 2.02. The Morgan fingerprint density at radius 1 is 1.22 bits per heavy atom. The number of amides is 2. The summed E-state index contributed by atoms with van der Waals surface area (Å²) in [6, 6.07) is -0.664. The third-order valence-corrected chi connectivity index (χ3v) is 3.25. The van der Waals surface area contributed by atoms with E-state index in [2.05, 4.69) is 15.5 Å². The first-order valence-corrected chi connectivity index (χ1v) is 6.39. The van der Waals surface area contributed by atoms with Crippen molar-refractivity contribution < 1.29 is 9.59 Å². The summed E-state index contributed by atoms with van der Waals surface area (Å²) in [4.78, 5) is 27.3. The van der Waals surface area contributed by atoms with Crippen LogP contribution in [0.25, 0.3) is 0 Å². The molecule has 1 rings (SSSR count). The molecule has 0 bridgehead atoms. The molecule has 6 heteroatoms. The summed E-state index contributed by atoms with van der Waals surface area (Å²) in [5, 5.41) is 6.01. The summed E-state index contributed by atoms with van der Waals surface area (Å²) in [6.07, 6.45) is 0. The molecule has 1 heterocycles. The van der Waals surface area contributed by atoms with Crippen molar-refractivity contribution in [1.29, 1.82) is 0 Å². The minimum Gasteiger partial charge on any atom is -0.347 e. The lowest BCUT2D eigenvalue weighted by atomic mass is 10.2. The number of piperazine rings is 1. The van der Waals surface area contributed by atoms with Gasteiger partial charge >= 0.3 is 0 Å². The molecule has 1 saturated heterocycles. The van der Waals surface area contributed by atoms with Gasteiger partial charge in [-0.2, -0.15) is 0 Å². The number of hydrogen-bond donors (Lipinski definition) is 2. The van der Waals surface area contributed by atoms with Gasteiger partial charge in [-0.1, -0.05) is 0 Å². The lowest BCUT2D eigenvalue weighted by Crippen LogP contribution is -2.55. The summed E-state index contributed by atoms with van der Waals surface area (Å²) in [6.45, 7) is 7.14. The van der Waals surface area contributed by atoms with Gasteiger partial charge in [-0.3, -0.25) is 14.5 Å². The SMILES string of the molecule is CC(NC(=O)C(C)N1CCNCC1)C(=O)N(C)C. The highest BCUT2D eigenvalue weighted by Crippen LogP contribution is 2.02. The molecule has 1 aliphatic rings. The molecular formula is C12H24N4O2. The Kier molecular flexibility index (Phi) is 5.55. The molecule has 0 aliphatic carbocycles. The molecule has 2 N–H and O–H groups in total. The van der Waals surface area contributed by atoms with E-state index in [0.717, 1.165) is 26.2 Å². The monoisotopic (exact) mass is 256 g/mol. The van der Waals surface area contributed by atoms with E-state index in [-0.39, 0.29) is 17.9 Å². The fraction of sp³-hybridized carbons (Fsp3) is 0.833. The van der Waals surface area contributed by atoms with Crippen LogP contribution in [-0.4, -0.2) is 74.0 Å². The highest BCUT2D eigenvalue weighted by Gasteiger charge is 2.25. The molecule has 104 valence electrons. The van der Waals surface area contributed by atoms with Crippen LogP contribution < -0.4 is 10.6 Å². The predicted molar refractivity (Wildman–Crippen MR) is 70.2 cm³/mol. The van der Waals surface area contributed by atoms with Gasteiger partial charge in [-0.05, 0) is 13.8 Å². The normalized spacial score (nSPS) is 20.0. The topological polar surface area (TPSA) is 64.7 Å². The van der Waals surface area contributed by atoms with E-state index in [9.17, 15) is 9.59 Å². The third kappa shape index (κ3) is 3.96. The molecule has 0 aromatic heterocycles. The number of nitrogens with zero attached hydrogens (tertiary/aromatic N) is 2. The maximum Gasteiger partial charge on any atom is 0.244 e. The van der Waals surface area contributed by atoms with E-state index in [1.165, 1.54) is 4.90 Å². The average Bonchev–Trinajstić information content (AvgIpc) is 2.37. The van der Waals surface area contributed by atoms with Crippen molar-refractivity contribution in [2.24, 2.45) is 0 Å². The number of rotatable bonds is 4. The van der Waals surface area contributed by atoms with Crippen LogP contribution in [0.5, 0.6) is 0 Å². The third-order valence-electron chi connectivity index (χ3n) is 3.25. The molecule has 2 atom stereocenters. The number of carbonyl (C=O) groups excluding carboxylic acids is 2. The Balaban J connectivity index is 2.46. The summed E-state index contributed by atoms with van der Waals surface area (Å²) in [7, 11) is 3.37. The maximum atomic E-state index is 12.0. The van der Waals surface area contributed by atoms with Crippen molar-refractivity contribution >= 4 is 11.8 Å². The van der Waals surface area contributed by atoms with E-state index >= 15 is 0 Å². The predicted octanol–water partition coefficient (Wildman–Crippen LogP) is -1.13. The summed E-state index contributed by atoms with van der Waals surface area (Å²) in [5.74, 6) is -0.171. The molecule has 18 heavy (non-hydrogen) atoms. The molecule has 0 aromatic rings. The second-order valence-corrected chi connectivity index (χ2v) is 4.92. The Bertz CT molecular complexity index is 300. The second kappa shape index (κ2) is 6.70. The van der Waals surface area contributed by atoms with Gasteiger partial charge in [0.25, 0.3) is 0 Å². The fourth-order valence-corrected chi connectivity index (χ4v) is 2.02. The van der Waals surface area contributed by atoms with E-state index in [4.69, 9.17) is 0 Å². The lowest BCUT2D eigenvalue weighted by molar-refractivity contribution is -0.135. The van der Waals surface area contributed by atoms with Crippen molar-refractivity contribution in [3.63, 3.8) is 0 Å². The minimum atomic E-state index is -0.474. The van der Waals surface area contributed by atoms with Crippen molar-refractivity contribution in [1.82, 2.24) is 20.4 Å². The average molecular weight is 256 g/mol. The lowest BCUT2D eigenvalue weighted by Gasteiger charge is -2.32. The molecule has 1 fully saturated rings. The standard InChI is InChI=1S/C12H24N4O2/c1-9(12(18)15(3)4)14-11(17)10(2)16-7-5-13-6-8-16/h9-10,13H,5-8H2,1-4H3,(H,14,17). The summed E-state index contributed by atoms with van der Waals surface area (Å²) >= 11 is 0. The molecule has 0 aromatic carbocycles. The largest absolute Gasteiger partial charge is 0.347 e. The van der Waals surface area contributed by atoms with Gasteiger partial charge < -0.3 is 15.5 Å². The number of carbonyl (C=O) groups is 2. The van der Waals surface area contributed by atoms with Crippen LogP contribution in [0.2, 0.25) is 0 Å². The molecule has 6 nitrogen and oxygen atoms in total. The van der Waals surface area contributed by atoms with Crippen LogP contribution in [0.3, 0.4) is 0 Å². The van der Waals surface area contributed by atoms with Crippen LogP contribution in [0.4, 0.5) is 0 Å². The molecule has 0 spiro atoms. The maximum absolute atomic E-state index is 12.0. The minimum absolute atomic E-state index is 0.0837. The zero-order valence-corrected chi connectivity index (χ0v) is 11.7.